The van der Waals surface area contributed by atoms with Gasteiger partial charge < -0.3 is 10.2 Å². The number of rotatable bonds is 5. The van der Waals surface area contributed by atoms with Gasteiger partial charge in [-0.25, -0.2) is 8.78 Å². The molecule has 0 heterocycles. The Morgan fingerprint density at radius 3 is 2.52 bits per heavy atom. The summed E-state index contributed by atoms with van der Waals surface area (Å²) in [7, 11) is 1.75. The molecular formula is C16H17F2NO2. The Labute approximate surface area is 122 Å². The van der Waals surface area contributed by atoms with E-state index in [-0.39, 0.29) is 17.9 Å². The van der Waals surface area contributed by atoms with Gasteiger partial charge in [0.2, 0.25) is 0 Å². The molecule has 0 amide bonds. The van der Waals surface area contributed by atoms with Crippen molar-refractivity contribution in [3.63, 3.8) is 0 Å². The van der Waals surface area contributed by atoms with Crippen LogP contribution in [-0.4, -0.2) is 28.7 Å². The van der Waals surface area contributed by atoms with Crippen molar-refractivity contribution in [1.82, 2.24) is 4.90 Å². The lowest BCUT2D eigenvalue weighted by atomic mass is 10.1. The van der Waals surface area contributed by atoms with Gasteiger partial charge >= 0.3 is 0 Å². The van der Waals surface area contributed by atoms with Gasteiger partial charge in [-0.1, -0.05) is 24.3 Å². The van der Waals surface area contributed by atoms with Crippen molar-refractivity contribution in [2.75, 3.05) is 13.6 Å². The highest BCUT2D eigenvalue weighted by molar-refractivity contribution is 5.31. The average Bonchev–Trinajstić information content (AvgIpc) is 2.41. The Kier molecular flexibility index (Phi) is 4.88. The molecule has 2 aromatic rings. The van der Waals surface area contributed by atoms with Crippen LogP contribution in [0.2, 0.25) is 0 Å². The fraction of sp³-hybridized carbons (Fsp3) is 0.250. The van der Waals surface area contributed by atoms with Crippen LogP contribution in [0.15, 0.2) is 42.5 Å². The summed E-state index contributed by atoms with van der Waals surface area (Å²) in [6.07, 6.45) is -1.07. The number of benzene rings is 2. The minimum absolute atomic E-state index is 0.0560. The van der Waals surface area contributed by atoms with Crippen LogP contribution < -0.4 is 0 Å². The van der Waals surface area contributed by atoms with Crippen molar-refractivity contribution in [3.8, 4) is 5.75 Å². The third kappa shape index (κ3) is 4.00. The first-order chi connectivity index (χ1) is 9.97. The molecule has 0 radical (unpaired) electrons. The van der Waals surface area contributed by atoms with Crippen LogP contribution >= 0.6 is 0 Å². The van der Waals surface area contributed by atoms with E-state index in [1.807, 2.05) is 0 Å². The monoisotopic (exact) mass is 293 g/mol. The van der Waals surface area contributed by atoms with Gasteiger partial charge in [0.25, 0.3) is 0 Å². The number of aliphatic hydroxyl groups excluding tert-OH is 1. The predicted molar refractivity (Wildman–Crippen MR) is 75.8 cm³/mol. The van der Waals surface area contributed by atoms with Crippen molar-refractivity contribution in [2.24, 2.45) is 0 Å². The zero-order valence-corrected chi connectivity index (χ0v) is 11.6. The lowest BCUT2D eigenvalue weighted by Gasteiger charge is -2.21. The Morgan fingerprint density at radius 1 is 1.14 bits per heavy atom. The number of phenolic OH excluding ortho intramolecular Hbond substituents is 1. The number of halogens is 2. The van der Waals surface area contributed by atoms with E-state index in [2.05, 4.69) is 0 Å². The predicted octanol–water partition coefficient (Wildman–Crippen LogP) is 2.84. The van der Waals surface area contributed by atoms with Crippen molar-refractivity contribution in [1.29, 1.82) is 0 Å². The number of para-hydroxylation sites is 1. The first kappa shape index (κ1) is 15.4. The number of hydrogen-bond donors (Lipinski definition) is 2. The van der Waals surface area contributed by atoms with Crippen LogP contribution in [0.1, 0.15) is 17.2 Å². The van der Waals surface area contributed by atoms with Gasteiger partial charge in [0.15, 0.2) is 0 Å². The molecule has 2 N–H and O–H groups in total. The molecular weight excluding hydrogens is 276 g/mol. The summed E-state index contributed by atoms with van der Waals surface area (Å²) >= 11 is 0. The van der Waals surface area contributed by atoms with E-state index >= 15 is 0 Å². The molecule has 0 saturated heterocycles. The number of aliphatic hydroxyl groups is 1. The third-order valence-electron chi connectivity index (χ3n) is 3.24. The molecule has 0 aliphatic rings. The second-order valence-electron chi connectivity index (χ2n) is 5.01. The maximum atomic E-state index is 13.6. The molecule has 0 aromatic heterocycles. The lowest BCUT2D eigenvalue weighted by molar-refractivity contribution is 0.120. The quantitative estimate of drug-likeness (QED) is 0.891. The zero-order chi connectivity index (χ0) is 15.4. The van der Waals surface area contributed by atoms with Gasteiger partial charge in [0, 0.05) is 30.3 Å². The molecule has 3 nitrogen and oxygen atoms in total. The van der Waals surface area contributed by atoms with Crippen molar-refractivity contribution < 1.29 is 19.0 Å². The lowest BCUT2D eigenvalue weighted by Crippen LogP contribution is -2.24. The average molecular weight is 293 g/mol. The SMILES string of the molecule is CN(Cc1ccccc1O)CC(O)c1ccc(F)cc1F. The fourth-order valence-corrected chi connectivity index (χ4v) is 2.17. The van der Waals surface area contributed by atoms with Crippen molar-refractivity contribution in [2.45, 2.75) is 12.6 Å². The molecule has 1 atom stereocenters. The summed E-state index contributed by atoms with van der Waals surface area (Å²) in [6.45, 7) is 0.573. The van der Waals surface area contributed by atoms with E-state index < -0.39 is 17.7 Å². The van der Waals surface area contributed by atoms with E-state index in [9.17, 15) is 19.0 Å². The van der Waals surface area contributed by atoms with Crippen LogP contribution in [0, 0.1) is 11.6 Å². The highest BCUT2D eigenvalue weighted by Gasteiger charge is 2.16. The second kappa shape index (κ2) is 6.65. The standard InChI is InChI=1S/C16H17F2NO2/c1-19(9-11-4-2-3-5-15(11)20)10-16(21)13-7-6-12(17)8-14(13)18/h2-8,16,20-21H,9-10H2,1H3. The molecule has 112 valence electrons. The molecule has 21 heavy (non-hydrogen) atoms. The summed E-state index contributed by atoms with van der Waals surface area (Å²) in [5, 5.41) is 19.7. The first-order valence-corrected chi connectivity index (χ1v) is 6.56. The maximum absolute atomic E-state index is 13.6. The molecule has 0 spiro atoms. The van der Waals surface area contributed by atoms with E-state index in [1.165, 1.54) is 6.07 Å². The van der Waals surface area contributed by atoms with Gasteiger partial charge in [0.05, 0.1) is 6.10 Å². The molecule has 1 unspecified atom stereocenters. The van der Waals surface area contributed by atoms with Gasteiger partial charge in [0.1, 0.15) is 17.4 Å². The number of phenols is 1. The minimum atomic E-state index is -1.07. The van der Waals surface area contributed by atoms with Gasteiger partial charge in [-0.2, -0.15) is 0 Å². The normalized spacial score (nSPS) is 12.6. The summed E-state index contributed by atoms with van der Waals surface area (Å²) in [5.41, 5.74) is 0.771. The Morgan fingerprint density at radius 2 is 1.86 bits per heavy atom. The number of aromatic hydroxyl groups is 1. The molecule has 0 aliphatic heterocycles. The minimum Gasteiger partial charge on any atom is -0.508 e. The van der Waals surface area contributed by atoms with Gasteiger partial charge in [-0.3, -0.25) is 4.90 Å². The summed E-state index contributed by atoms with van der Waals surface area (Å²) in [4.78, 5) is 1.75. The van der Waals surface area contributed by atoms with E-state index in [1.54, 1.807) is 36.2 Å². The molecule has 5 heteroatoms. The van der Waals surface area contributed by atoms with Crippen LogP contribution in [0.4, 0.5) is 8.78 Å². The van der Waals surface area contributed by atoms with Crippen molar-refractivity contribution in [3.05, 3.63) is 65.2 Å². The van der Waals surface area contributed by atoms with Crippen LogP contribution in [0.25, 0.3) is 0 Å². The largest absolute Gasteiger partial charge is 0.508 e. The van der Waals surface area contributed by atoms with Crippen molar-refractivity contribution >= 4 is 0 Å². The van der Waals surface area contributed by atoms with E-state index in [4.69, 9.17) is 0 Å². The van der Waals surface area contributed by atoms with Crippen LogP contribution in [0.3, 0.4) is 0 Å². The molecule has 2 rings (SSSR count). The second-order valence-corrected chi connectivity index (χ2v) is 5.01. The smallest absolute Gasteiger partial charge is 0.131 e. The van der Waals surface area contributed by atoms with E-state index in [0.717, 1.165) is 12.1 Å². The molecule has 2 aromatic carbocycles. The Bertz CT molecular complexity index is 619. The molecule has 0 bridgehead atoms. The number of nitrogens with zero attached hydrogens (tertiary/aromatic N) is 1. The molecule has 0 saturated carbocycles. The number of likely N-dealkylation sites (N-methyl/N-ethyl adjacent to an activating group) is 1. The maximum Gasteiger partial charge on any atom is 0.131 e. The molecule has 0 aliphatic carbocycles. The highest BCUT2D eigenvalue weighted by Crippen LogP contribution is 2.21. The topological polar surface area (TPSA) is 43.7 Å². The van der Waals surface area contributed by atoms with Crippen LogP contribution in [-0.2, 0) is 6.54 Å². The summed E-state index contributed by atoms with van der Waals surface area (Å²) < 4.78 is 26.4. The first-order valence-electron chi connectivity index (χ1n) is 6.56. The Balaban J connectivity index is 2.02. The summed E-state index contributed by atoms with van der Waals surface area (Å²) in [5.74, 6) is -1.27. The highest BCUT2D eigenvalue weighted by atomic mass is 19.1. The zero-order valence-electron chi connectivity index (χ0n) is 11.6. The van der Waals surface area contributed by atoms with Gasteiger partial charge in [-0.05, 0) is 19.2 Å². The fourth-order valence-electron chi connectivity index (χ4n) is 2.17. The van der Waals surface area contributed by atoms with E-state index in [0.29, 0.717) is 12.1 Å². The Hall–Kier alpha value is -1.98. The summed E-state index contributed by atoms with van der Waals surface area (Å²) in [6, 6.07) is 9.99. The third-order valence-corrected chi connectivity index (χ3v) is 3.24. The number of hydrogen-bond acceptors (Lipinski definition) is 3. The molecule has 0 fully saturated rings. The van der Waals surface area contributed by atoms with Crippen LogP contribution in [0.5, 0.6) is 5.75 Å². The van der Waals surface area contributed by atoms with Gasteiger partial charge in [-0.15, -0.1) is 0 Å².